The summed E-state index contributed by atoms with van der Waals surface area (Å²) in [5.41, 5.74) is 0. The summed E-state index contributed by atoms with van der Waals surface area (Å²) in [4.78, 5) is 8.64. The van der Waals surface area contributed by atoms with E-state index in [-0.39, 0.29) is 0 Å². The quantitative estimate of drug-likeness (QED) is 0.353. The van der Waals surface area contributed by atoms with E-state index in [1.54, 1.807) is 0 Å². The lowest BCUT2D eigenvalue weighted by Crippen LogP contribution is -2.42. The molecule has 2 N–H and O–H groups in total. The maximum absolute atomic E-state index is 4.61. The Hall–Kier alpha value is -1.78. The molecule has 0 saturated carbocycles. The van der Waals surface area contributed by atoms with Gasteiger partial charge >= 0.3 is 0 Å². The Morgan fingerprint density at radius 3 is 2.95 bits per heavy atom. The van der Waals surface area contributed by atoms with Crippen molar-refractivity contribution in [3.05, 3.63) is 30.9 Å². The van der Waals surface area contributed by atoms with Crippen molar-refractivity contribution >= 4 is 5.96 Å². The van der Waals surface area contributed by atoms with Crippen LogP contribution in [0.25, 0.3) is 0 Å². The van der Waals surface area contributed by atoms with Crippen LogP contribution in [0.5, 0.6) is 0 Å². The van der Waals surface area contributed by atoms with Gasteiger partial charge in [0, 0.05) is 38.1 Å². The third kappa shape index (κ3) is 4.77. The fraction of sp³-hybridized carbons (Fsp3) is 0.571. The summed E-state index contributed by atoms with van der Waals surface area (Å²) in [5.74, 6) is 0.932. The fourth-order valence-corrected chi connectivity index (χ4v) is 2.11. The summed E-state index contributed by atoms with van der Waals surface area (Å²) in [6.07, 6.45) is 13.3. The highest BCUT2D eigenvalue weighted by Crippen LogP contribution is 2.08. The number of rotatable bonds is 6. The zero-order chi connectivity index (χ0) is 13.3. The van der Waals surface area contributed by atoms with Crippen molar-refractivity contribution in [3.8, 4) is 0 Å². The molecule has 0 atom stereocenters. The van der Waals surface area contributed by atoms with E-state index in [0.29, 0.717) is 6.04 Å². The van der Waals surface area contributed by atoms with E-state index in [9.17, 15) is 0 Å². The first-order chi connectivity index (χ1) is 9.38. The van der Waals surface area contributed by atoms with Crippen LogP contribution in [0.15, 0.2) is 35.9 Å². The van der Waals surface area contributed by atoms with Gasteiger partial charge in [-0.25, -0.2) is 4.98 Å². The minimum absolute atomic E-state index is 0.506. The molecule has 0 aliphatic heterocycles. The molecule has 104 valence electrons. The van der Waals surface area contributed by atoms with Crippen molar-refractivity contribution < 1.29 is 0 Å². The van der Waals surface area contributed by atoms with Crippen LogP contribution < -0.4 is 10.6 Å². The molecule has 1 aromatic heterocycles. The first-order valence-corrected chi connectivity index (χ1v) is 7.04. The van der Waals surface area contributed by atoms with Crippen LogP contribution in [0, 0.1) is 0 Å². The number of hydrogen-bond donors (Lipinski definition) is 2. The monoisotopic (exact) mass is 261 g/mol. The number of nitrogens with zero attached hydrogens (tertiary/aromatic N) is 3. The smallest absolute Gasteiger partial charge is 0.191 e. The van der Waals surface area contributed by atoms with Gasteiger partial charge in [0.05, 0.1) is 6.33 Å². The van der Waals surface area contributed by atoms with Gasteiger partial charge in [-0.15, -0.1) is 0 Å². The van der Waals surface area contributed by atoms with Crippen LogP contribution in [-0.2, 0) is 6.54 Å². The maximum atomic E-state index is 4.61. The van der Waals surface area contributed by atoms with E-state index in [1.165, 1.54) is 0 Å². The van der Waals surface area contributed by atoms with Crippen LogP contribution in [0.2, 0.25) is 0 Å². The molecule has 2 rings (SSSR count). The van der Waals surface area contributed by atoms with Crippen molar-refractivity contribution in [2.75, 3.05) is 13.1 Å². The molecule has 1 heterocycles. The molecule has 0 radical (unpaired) electrons. The van der Waals surface area contributed by atoms with Gasteiger partial charge in [-0.05, 0) is 26.2 Å². The molecular formula is C14H23N5. The minimum Gasteiger partial charge on any atom is -0.357 e. The Morgan fingerprint density at radius 2 is 2.26 bits per heavy atom. The summed E-state index contributed by atoms with van der Waals surface area (Å²) in [7, 11) is 0. The first kappa shape index (κ1) is 13.6. The van der Waals surface area contributed by atoms with E-state index in [2.05, 4.69) is 44.3 Å². The lowest BCUT2D eigenvalue weighted by atomic mass is 10.2. The van der Waals surface area contributed by atoms with Gasteiger partial charge in [0.2, 0.25) is 0 Å². The lowest BCUT2D eigenvalue weighted by Gasteiger charge is -2.16. The molecule has 0 spiro atoms. The van der Waals surface area contributed by atoms with Gasteiger partial charge in [0.1, 0.15) is 0 Å². The number of nitrogens with one attached hydrogen (secondary N) is 2. The van der Waals surface area contributed by atoms with Crippen LogP contribution in [0.3, 0.4) is 0 Å². The average Bonchev–Trinajstić information content (AvgIpc) is 3.08. The molecule has 0 fully saturated rings. The predicted molar refractivity (Wildman–Crippen MR) is 78.1 cm³/mol. The standard InChI is InChI=1S/C14H23N5/c1-2-16-14(18-13-6-3-4-7-13)17-8-5-10-19-11-9-15-12-19/h3-4,9,11-13H,2,5-8,10H2,1H3,(H2,16,17,18). The lowest BCUT2D eigenvalue weighted by molar-refractivity contribution is 0.622. The van der Waals surface area contributed by atoms with Crippen LogP contribution >= 0.6 is 0 Å². The molecule has 19 heavy (non-hydrogen) atoms. The number of aromatic nitrogens is 2. The molecule has 1 aromatic rings. The zero-order valence-corrected chi connectivity index (χ0v) is 11.5. The fourth-order valence-electron chi connectivity index (χ4n) is 2.11. The molecule has 5 nitrogen and oxygen atoms in total. The molecular weight excluding hydrogens is 238 g/mol. The highest BCUT2D eigenvalue weighted by molar-refractivity contribution is 5.80. The summed E-state index contributed by atoms with van der Waals surface area (Å²) in [6, 6.07) is 0.506. The van der Waals surface area contributed by atoms with E-state index < -0.39 is 0 Å². The highest BCUT2D eigenvalue weighted by Gasteiger charge is 2.11. The second-order valence-corrected chi connectivity index (χ2v) is 4.70. The third-order valence-corrected chi connectivity index (χ3v) is 3.10. The van der Waals surface area contributed by atoms with Crippen LogP contribution in [-0.4, -0.2) is 34.6 Å². The Labute approximate surface area is 114 Å². The summed E-state index contributed by atoms with van der Waals surface area (Å²) < 4.78 is 2.08. The summed E-state index contributed by atoms with van der Waals surface area (Å²) >= 11 is 0. The van der Waals surface area contributed by atoms with Gasteiger partial charge in [0.15, 0.2) is 5.96 Å². The normalized spacial score (nSPS) is 15.9. The van der Waals surface area contributed by atoms with Crippen molar-refractivity contribution in [2.24, 2.45) is 4.99 Å². The Kier molecular flexibility index (Phi) is 5.47. The third-order valence-electron chi connectivity index (χ3n) is 3.10. The van der Waals surface area contributed by atoms with Crippen molar-refractivity contribution in [1.29, 1.82) is 0 Å². The molecule has 0 aromatic carbocycles. The molecule has 1 aliphatic rings. The van der Waals surface area contributed by atoms with Crippen molar-refractivity contribution in [2.45, 2.75) is 38.8 Å². The van der Waals surface area contributed by atoms with E-state index in [4.69, 9.17) is 0 Å². The summed E-state index contributed by atoms with van der Waals surface area (Å²) in [5, 5.41) is 6.76. The number of aryl methyl sites for hydroxylation is 1. The second-order valence-electron chi connectivity index (χ2n) is 4.70. The highest BCUT2D eigenvalue weighted by atomic mass is 15.2. The maximum Gasteiger partial charge on any atom is 0.191 e. The van der Waals surface area contributed by atoms with Gasteiger partial charge < -0.3 is 15.2 Å². The largest absolute Gasteiger partial charge is 0.357 e. The number of aliphatic imine (C=N–C) groups is 1. The number of hydrogen-bond acceptors (Lipinski definition) is 2. The Balaban J connectivity index is 1.72. The average molecular weight is 261 g/mol. The molecule has 0 amide bonds. The zero-order valence-electron chi connectivity index (χ0n) is 11.5. The minimum atomic E-state index is 0.506. The van der Waals surface area contributed by atoms with Crippen molar-refractivity contribution in [3.63, 3.8) is 0 Å². The van der Waals surface area contributed by atoms with Gasteiger partial charge in [-0.3, -0.25) is 4.99 Å². The number of imidazole rings is 1. The second kappa shape index (κ2) is 7.61. The van der Waals surface area contributed by atoms with E-state index in [0.717, 1.165) is 44.9 Å². The molecule has 0 bridgehead atoms. The van der Waals surface area contributed by atoms with Crippen molar-refractivity contribution in [1.82, 2.24) is 20.2 Å². The first-order valence-electron chi connectivity index (χ1n) is 7.04. The molecule has 0 unspecified atom stereocenters. The SMILES string of the molecule is CCNC(=NCCCn1ccnc1)NC1CC=CC1. The van der Waals surface area contributed by atoms with Gasteiger partial charge in [-0.2, -0.15) is 0 Å². The van der Waals surface area contributed by atoms with E-state index in [1.807, 2.05) is 18.7 Å². The topological polar surface area (TPSA) is 54.2 Å². The number of guanidine groups is 1. The van der Waals surface area contributed by atoms with Gasteiger partial charge in [0.25, 0.3) is 0 Å². The predicted octanol–water partition coefficient (Wildman–Crippen LogP) is 1.55. The van der Waals surface area contributed by atoms with Crippen LogP contribution in [0.4, 0.5) is 0 Å². The molecule has 0 saturated heterocycles. The summed E-state index contributed by atoms with van der Waals surface area (Å²) in [6.45, 7) is 4.78. The Bertz CT molecular complexity index is 399. The molecule has 5 heteroatoms. The Morgan fingerprint density at radius 1 is 1.42 bits per heavy atom. The van der Waals surface area contributed by atoms with Crippen LogP contribution in [0.1, 0.15) is 26.2 Å². The van der Waals surface area contributed by atoms with E-state index >= 15 is 0 Å². The van der Waals surface area contributed by atoms with Gasteiger partial charge in [-0.1, -0.05) is 12.2 Å². The molecule has 1 aliphatic carbocycles.